The normalized spacial score (nSPS) is 17.5. The summed E-state index contributed by atoms with van der Waals surface area (Å²) in [4.78, 5) is 40.1. The van der Waals surface area contributed by atoms with Crippen molar-refractivity contribution in [2.24, 2.45) is 5.92 Å². The van der Waals surface area contributed by atoms with Crippen LogP contribution < -0.4 is 15.0 Å². The SMILES string of the molecule is CCOc1ccc(N2CC(C(=O)OCC(=O)Nc3sc4c(c3C#N)CCCCC4)CC2=O)cc1. The van der Waals surface area contributed by atoms with Gasteiger partial charge in [-0.1, -0.05) is 6.42 Å². The fourth-order valence-corrected chi connectivity index (χ4v) is 5.63. The first-order valence-corrected chi connectivity index (χ1v) is 12.4. The molecule has 0 bridgehead atoms. The number of ether oxygens (including phenoxy) is 2. The summed E-state index contributed by atoms with van der Waals surface area (Å²) in [6, 6.07) is 9.33. The molecule has 178 valence electrons. The number of amides is 2. The third kappa shape index (κ3) is 5.23. The van der Waals surface area contributed by atoms with Gasteiger partial charge in [0.05, 0.1) is 18.1 Å². The molecule has 1 N–H and O–H groups in total. The molecule has 8 nitrogen and oxygen atoms in total. The molecule has 1 fully saturated rings. The van der Waals surface area contributed by atoms with Gasteiger partial charge in [0.1, 0.15) is 16.8 Å². The number of fused-ring (bicyclic) bond motifs is 1. The molecule has 9 heteroatoms. The first-order valence-electron chi connectivity index (χ1n) is 11.5. The van der Waals surface area contributed by atoms with Gasteiger partial charge in [-0.3, -0.25) is 14.4 Å². The van der Waals surface area contributed by atoms with E-state index in [-0.39, 0.29) is 18.9 Å². The van der Waals surface area contributed by atoms with Gasteiger partial charge in [-0.25, -0.2) is 0 Å². The van der Waals surface area contributed by atoms with Crippen LogP contribution >= 0.6 is 11.3 Å². The zero-order valence-electron chi connectivity index (χ0n) is 19.1. The van der Waals surface area contributed by atoms with E-state index in [1.54, 1.807) is 29.2 Å². The molecule has 2 aromatic rings. The summed E-state index contributed by atoms with van der Waals surface area (Å²) in [5.41, 5.74) is 2.24. The van der Waals surface area contributed by atoms with Crippen LogP contribution in [0.15, 0.2) is 24.3 Å². The van der Waals surface area contributed by atoms with Crippen LogP contribution in [-0.2, 0) is 32.0 Å². The monoisotopic (exact) mass is 481 g/mol. The van der Waals surface area contributed by atoms with Gasteiger partial charge in [-0.15, -0.1) is 11.3 Å². The van der Waals surface area contributed by atoms with Crippen molar-refractivity contribution in [1.82, 2.24) is 0 Å². The molecular formula is C25H27N3O5S. The third-order valence-electron chi connectivity index (χ3n) is 6.05. The van der Waals surface area contributed by atoms with Gasteiger partial charge >= 0.3 is 5.97 Å². The lowest BCUT2D eigenvalue weighted by Crippen LogP contribution is -2.28. The number of thiophene rings is 1. The second kappa shape index (κ2) is 10.7. The Labute approximate surface area is 202 Å². The van der Waals surface area contributed by atoms with Crippen molar-refractivity contribution in [3.05, 3.63) is 40.3 Å². The van der Waals surface area contributed by atoms with Crippen molar-refractivity contribution in [3.8, 4) is 11.8 Å². The van der Waals surface area contributed by atoms with Crippen LogP contribution in [0, 0.1) is 17.2 Å². The summed E-state index contributed by atoms with van der Waals surface area (Å²) in [5, 5.41) is 12.8. The smallest absolute Gasteiger partial charge is 0.311 e. The molecule has 1 aliphatic carbocycles. The molecule has 1 aromatic heterocycles. The Morgan fingerprint density at radius 2 is 1.97 bits per heavy atom. The molecule has 4 rings (SSSR count). The second-order valence-electron chi connectivity index (χ2n) is 8.37. The minimum atomic E-state index is -0.640. The lowest BCUT2D eigenvalue weighted by Gasteiger charge is -2.17. The second-order valence-corrected chi connectivity index (χ2v) is 9.47. The molecule has 0 spiro atoms. The summed E-state index contributed by atoms with van der Waals surface area (Å²) in [6.07, 6.45) is 5.06. The average Bonchev–Trinajstić information content (AvgIpc) is 3.29. The molecular weight excluding hydrogens is 454 g/mol. The number of aryl methyl sites for hydroxylation is 1. The molecule has 1 atom stereocenters. The highest BCUT2D eigenvalue weighted by Crippen LogP contribution is 2.37. The molecule has 2 heterocycles. The van der Waals surface area contributed by atoms with Crippen LogP contribution in [0.1, 0.15) is 48.6 Å². The van der Waals surface area contributed by atoms with Gasteiger partial charge in [0.25, 0.3) is 5.91 Å². The highest BCUT2D eigenvalue weighted by Gasteiger charge is 2.36. The molecule has 2 amide bonds. The maximum atomic E-state index is 12.5. The number of esters is 1. The minimum absolute atomic E-state index is 0.0316. The minimum Gasteiger partial charge on any atom is -0.494 e. The van der Waals surface area contributed by atoms with Crippen LogP contribution in [0.4, 0.5) is 10.7 Å². The first-order chi connectivity index (χ1) is 16.5. The fraction of sp³-hybridized carbons (Fsp3) is 0.440. The predicted molar refractivity (Wildman–Crippen MR) is 128 cm³/mol. The molecule has 1 aromatic carbocycles. The third-order valence-corrected chi connectivity index (χ3v) is 7.26. The molecule has 0 saturated carbocycles. The molecule has 1 saturated heterocycles. The number of benzene rings is 1. The molecule has 1 unspecified atom stereocenters. The van der Waals surface area contributed by atoms with Crippen molar-refractivity contribution >= 4 is 39.8 Å². The lowest BCUT2D eigenvalue weighted by atomic mass is 10.1. The topological polar surface area (TPSA) is 109 Å². The van der Waals surface area contributed by atoms with Gasteiger partial charge in [0.2, 0.25) is 5.91 Å². The number of rotatable bonds is 7. The lowest BCUT2D eigenvalue weighted by molar-refractivity contribution is -0.151. The standard InChI is InChI=1S/C25H27N3O5S/c1-2-32-18-10-8-17(9-11-18)28-14-16(12-23(28)30)25(31)33-15-22(29)27-24-20(13-26)19-6-4-3-5-7-21(19)34-24/h8-11,16H,2-7,12,14-15H2,1H3,(H,27,29). The van der Waals surface area contributed by atoms with Crippen molar-refractivity contribution in [3.63, 3.8) is 0 Å². The van der Waals surface area contributed by atoms with Gasteiger partial charge in [0, 0.05) is 23.5 Å². The highest BCUT2D eigenvalue weighted by atomic mass is 32.1. The zero-order chi connectivity index (χ0) is 24.1. The number of nitriles is 1. The average molecular weight is 482 g/mol. The number of carbonyl (C=O) groups excluding carboxylic acids is 3. The predicted octanol–water partition coefficient (Wildman–Crippen LogP) is 3.82. The van der Waals surface area contributed by atoms with Gasteiger partial charge < -0.3 is 19.7 Å². The van der Waals surface area contributed by atoms with Crippen LogP contribution in [0.25, 0.3) is 0 Å². The number of anilines is 2. The zero-order valence-corrected chi connectivity index (χ0v) is 19.9. The van der Waals surface area contributed by atoms with Crippen molar-refractivity contribution < 1.29 is 23.9 Å². The summed E-state index contributed by atoms with van der Waals surface area (Å²) < 4.78 is 10.6. The number of carbonyl (C=O) groups is 3. The molecule has 2 aliphatic rings. The van der Waals surface area contributed by atoms with E-state index in [1.807, 2.05) is 6.92 Å². The largest absolute Gasteiger partial charge is 0.494 e. The Balaban J connectivity index is 1.31. The van der Waals surface area contributed by atoms with E-state index in [0.29, 0.717) is 28.6 Å². The highest BCUT2D eigenvalue weighted by molar-refractivity contribution is 7.16. The maximum absolute atomic E-state index is 12.5. The van der Waals surface area contributed by atoms with Crippen LogP contribution in [0.2, 0.25) is 0 Å². The Kier molecular flexibility index (Phi) is 7.48. The maximum Gasteiger partial charge on any atom is 0.311 e. The first kappa shape index (κ1) is 23.8. The van der Waals surface area contributed by atoms with Gasteiger partial charge in [0.15, 0.2) is 6.61 Å². The van der Waals surface area contributed by atoms with Gasteiger partial charge in [-0.2, -0.15) is 5.26 Å². The van der Waals surface area contributed by atoms with Gasteiger partial charge in [-0.05, 0) is 62.4 Å². The fourth-order valence-electron chi connectivity index (χ4n) is 4.37. The quantitative estimate of drug-likeness (QED) is 0.476. The number of hydrogen-bond donors (Lipinski definition) is 1. The summed E-state index contributed by atoms with van der Waals surface area (Å²) in [5.74, 6) is -1.18. The van der Waals surface area contributed by atoms with E-state index in [9.17, 15) is 19.6 Å². The van der Waals surface area contributed by atoms with Crippen LogP contribution in [0.3, 0.4) is 0 Å². The molecule has 1 aliphatic heterocycles. The van der Waals surface area contributed by atoms with Crippen LogP contribution in [-0.4, -0.2) is 37.5 Å². The Morgan fingerprint density at radius 3 is 2.71 bits per heavy atom. The summed E-state index contributed by atoms with van der Waals surface area (Å²) in [6.45, 7) is 2.19. The molecule has 34 heavy (non-hydrogen) atoms. The number of hydrogen-bond acceptors (Lipinski definition) is 7. The van der Waals surface area contributed by atoms with E-state index in [4.69, 9.17) is 9.47 Å². The summed E-state index contributed by atoms with van der Waals surface area (Å²) in [7, 11) is 0. The van der Waals surface area contributed by atoms with Crippen molar-refractivity contribution in [2.75, 3.05) is 30.0 Å². The van der Waals surface area contributed by atoms with E-state index >= 15 is 0 Å². The van der Waals surface area contributed by atoms with E-state index < -0.39 is 24.4 Å². The van der Waals surface area contributed by atoms with Crippen LogP contribution in [0.5, 0.6) is 5.75 Å². The van der Waals surface area contributed by atoms with E-state index in [2.05, 4.69) is 11.4 Å². The van der Waals surface area contributed by atoms with E-state index in [1.165, 1.54) is 11.3 Å². The molecule has 0 radical (unpaired) electrons. The Morgan fingerprint density at radius 1 is 1.21 bits per heavy atom. The number of nitrogens with one attached hydrogen (secondary N) is 1. The summed E-state index contributed by atoms with van der Waals surface area (Å²) >= 11 is 1.43. The number of nitrogens with zero attached hydrogens (tertiary/aromatic N) is 2. The van der Waals surface area contributed by atoms with E-state index in [0.717, 1.165) is 42.5 Å². The van der Waals surface area contributed by atoms with Crippen molar-refractivity contribution in [1.29, 1.82) is 5.26 Å². The van der Waals surface area contributed by atoms with Crippen molar-refractivity contribution in [2.45, 2.75) is 45.4 Å². The Bertz CT molecular complexity index is 1120. The Hall–Kier alpha value is -3.38.